The van der Waals surface area contributed by atoms with E-state index in [0.717, 1.165) is 24.0 Å². The van der Waals surface area contributed by atoms with Crippen LogP contribution in [0.4, 0.5) is 0 Å². The van der Waals surface area contributed by atoms with E-state index < -0.39 is 0 Å². The lowest BCUT2D eigenvalue weighted by atomic mass is 10.0. The van der Waals surface area contributed by atoms with Crippen molar-refractivity contribution in [1.82, 2.24) is 0 Å². The molecule has 0 aliphatic heterocycles. The minimum atomic E-state index is -0.310. The standard InChI is InChI=1S/C27H54NO2/c1-6-9-10-11-12-13-14-15-16-17-18-19-20-21-22-23-25-28(5,24-7-2)26(4)30-27(29)8-3/h8,26H,3,6-7,9-25H2,1-2,4-5H3/q+1. The third-order valence-electron chi connectivity index (χ3n) is 6.59. The number of carbonyl (C=O) groups excluding carboxylic acids is 1. The topological polar surface area (TPSA) is 26.3 Å². The van der Waals surface area contributed by atoms with Crippen molar-refractivity contribution >= 4 is 5.97 Å². The number of ether oxygens (including phenoxy) is 1. The third kappa shape index (κ3) is 15.9. The summed E-state index contributed by atoms with van der Waals surface area (Å²) in [4.78, 5) is 11.5. The molecule has 0 amide bonds. The Bertz CT molecular complexity index is 410. The number of hydrogen-bond acceptors (Lipinski definition) is 2. The number of esters is 1. The molecule has 0 aliphatic rings. The van der Waals surface area contributed by atoms with E-state index in [9.17, 15) is 4.79 Å². The molecule has 0 N–H and O–H groups in total. The van der Waals surface area contributed by atoms with Gasteiger partial charge >= 0.3 is 5.97 Å². The van der Waals surface area contributed by atoms with E-state index in [1.165, 1.54) is 109 Å². The maximum absolute atomic E-state index is 11.5. The van der Waals surface area contributed by atoms with Crippen LogP contribution < -0.4 is 0 Å². The van der Waals surface area contributed by atoms with Gasteiger partial charge in [0.2, 0.25) is 6.23 Å². The fourth-order valence-corrected chi connectivity index (χ4v) is 4.35. The van der Waals surface area contributed by atoms with Crippen LogP contribution in [0.2, 0.25) is 0 Å². The average molecular weight is 425 g/mol. The molecule has 3 heteroatoms. The van der Waals surface area contributed by atoms with Crippen LogP contribution in [0.25, 0.3) is 0 Å². The number of quaternary nitrogens is 1. The Morgan fingerprint density at radius 2 is 1.13 bits per heavy atom. The van der Waals surface area contributed by atoms with Crippen LogP contribution in [0.1, 0.15) is 130 Å². The number of unbranched alkanes of at least 4 members (excludes halogenated alkanes) is 15. The molecule has 0 aromatic carbocycles. The summed E-state index contributed by atoms with van der Waals surface area (Å²) >= 11 is 0. The quantitative estimate of drug-likeness (QED) is 0.0575. The van der Waals surface area contributed by atoms with Gasteiger partial charge in [0.05, 0.1) is 20.1 Å². The third-order valence-corrected chi connectivity index (χ3v) is 6.59. The molecule has 0 rings (SSSR count). The SMILES string of the molecule is C=CC(=O)OC(C)[N+](C)(CCC)CCCCCCCCCCCCCCCCCC. The van der Waals surface area contributed by atoms with E-state index in [0.29, 0.717) is 0 Å². The minimum absolute atomic E-state index is 0.105. The summed E-state index contributed by atoms with van der Waals surface area (Å²) in [5, 5.41) is 0. The van der Waals surface area contributed by atoms with Crippen LogP contribution in [0.5, 0.6) is 0 Å². The number of hydrogen-bond donors (Lipinski definition) is 0. The Morgan fingerprint density at radius 3 is 1.50 bits per heavy atom. The number of rotatable bonds is 22. The molecule has 3 nitrogen and oxygen atoms in total. The highest BCUT2D eigenvalue weighted by Gasteiger charge is 2.30. The highest BCUT2D eigenvalue weighted by Crippen LogP contribution is 2.17. The van der Waals surface area contributed by atoms with Crippen molar-refractivity contribution in [2.45, 2.75) is 136 Å². The first-order chi connectivity index (χ1) is 14.5. The molecule has 0 saturated heterocycles. The largest absolute Gasteiger partial charge is 0.410 e. The van der Waals surface area contributed by atoms with E-state index in [-0.39, 0.29) is 12.2 Å². The maximum Gasteiger partial charge on any atom is 0.334 e. The van der Waals surface area contributed by atoms with Crippen LogP contribution in [-0.2, 0) is 9.53 Å². The Morgan fingerprint density at radius 1 is 0.733 bits per heavy atom. The zero-order valence-electron chi connectivity index (χ0n) is 21.1. The molecule has 0 saturated carbocycles. The first-order valence-electron chi connectivity index (χ1n) is 13.2. The normalized spacial score (nSPS) is 14.3. The van der Waals surface area contributed by atoms with Crippen LogP contribution in [-0.4, -0.2) is 36.8 Å². The van der Waals surface area contributed by atoms with Gasteiger partial charge in [0.15, 0.2) is 0 Å². The number of carbonyl (C=O) groups is 1. The van der Waals surface area contributed by atoms with Gasteiger partial charge in [-0.2, -0.15) is 0 Å². The molecule has 0 aromatic heterocycles. The summed E-state index contributed by atoms with van der Waals surface area (Å²) < 4.78 is 6.33. The van der Waals surface area contributed by atoms with Crippen LogP contribution in [0, 0.1) is 0 Å². The molecule has 0 heterocycles. The molecule has 0 aliphatic carbocycles. The maximum atomic E-state index is 11.5. The van der Waals surface area contributed by atoms with Crippen molar-refractivity contribution in [2.75, 3.05) is 20.1 Å². The van der Waals surface area contributed by atoms with Crippen LogP contribution in [0.3, 0.4) is 0 Å². The van der Waals surface area contributed by atoms with Crippen LogP contribution in [0.15, 0.2) is 12.7 Å². The van der Waals surface area contributed by atoms with E-state index in [4.69, 9.17) is 4.74 Å². The highest BCUT2D eigenvalue weighted by molar-refractivity contribution is 5.81. The Kier molecular flexibility index (Phi) is 19.5. The molecule has 2 unspecified atom stereocenters. The summed E-state index contributed by atoms with van der Waals surface area (Å²) in [6.07, 6.45) is 24.6. The molecular formula is C27H54NO2+. The zero-order chi connectivity index (χ0) is 22.5. The Labute approximate surface area is 189 Å². The molecule has 2 atom stereocenters. The highest BCUT2D eigenvalue weighted by atomic mass is 16.6. The average Bonchev–Trinajstić information content (AvgIpc) is 2.73. The lowest BCUT2D eigenvalue weighted by Crippen LogP contribution is -2.53. The summed E-state index contributed by atoms with van der Waals surface area (Å²) in [7, 11) is 2.22. The van der Waals surface area contributed by atoms with Crippen molar-refractivity contribution in [1.29, 1.82) is 0 Å². The zero-order valence-corrected chi connectivity index (χ0v) is 21.1. The predicted octanol–water partition coefficient (Wildman–Crippen LogP) is 8.18. The fourth-order valence-electron chi connectivity index (χ4n) is 4.35. The van der Waals surface area contributed by atoms with E-state index in [2.05, 4.69) is 27.5 Å². The van der Waals surface area contributed by atoms with Gasteiger partial charge in [-0.25, -0.2) is 4.79 Å². The second-order valence-electron chi connectivity index (χ2n) is 9.47. The summed E-state index contributed by atoms with van der Waals surface area (Å²) in [5.74, 6) is -0.310. The number of nitrogens with zero attached hydrogens (tertiary/aromatic N) is 1. The van der Waals surface area contributed by atoms with E-state index >= 15 is 0 Å². The van der Waals surface area contributed by atoms with Crippen LogP contribution >= 0.6 is 0 Å². The van der Waals surface area contributed by atoms with Crippen molar-refractivity contribution in [3.05, 3.63) is 12.7 Å². The van der Waals surface area contributed by atoms with E-state index in [1.807, 2.05) is 6.92 Å². The van der Waals surface area contributed by atoms with Gasteiger partial charge in [0.1, 0.15) is 0 Å². The van der Waals surface area contributed by atoms with Gasteiger partial charge in [0, 0.05) is 13.0 Å². The molecule has 178 valence electrons. The summed E-state index contributed by atoms with van der Waals surface area (Å²) in [5.41, 5.74) is 0. The lowest BCUT2D eigenvalue weighted by molar-refractivity contribution is -0.950. The fraction of sp³-hybridized carbons (Fsp3) is 0.889. The molecule has 0 aromatic rings. The van der Waals surface area contributed by atoms with Crippen molar-refractivity contribution in [2.24, 2.45) is 0 Å². The van der Waals surface area contributed by atoms with Gasteiger partial charge in [-0.1, -0.05) is 110 Å². The van der Waals surface area contributed by atoms with Gasteiger partial charge in [-0.15, -0.1) is 0 Å². The Hall–Kier alpha value is -0.830. The first kappa shape index (κ1) is 29.2. The predicted molar refractivity (Wildman–Crippen MR) is 132 cm³/mol. The summed E-state index contributed by atoms with van der Waals surface area (Å²) in [6, 6.07) is 0. The first-order valence-corrected chi connectivity index (χ1v) is 13.2. The van der Waals surface area contributed by atoms with Gasteiger partial charge < -0.3 is 4.74 Å². The molecule has 0 bridgehead atoms. The molecule has 0 fully saturated rings. The smallest absolute Gasteiger partial charge is 0.334 e. The van der Waals surface area contributed by atoms with E-state index in [1.54, 1.807) is 0 Å². The summed E-state index contributed by atoms with van der Waals surface area (Å²) in [6.45, 7) is 12.1. The van der Waals surface area contributed by atoms with Gasteiger partial charge in [0.25, 0.3) is 0 Å². The molecule has 30 heavy (non-hydrogen) atoms. The van der Waals surface area contributed by atoms with Crippen molar-refractivity contribution < 1.29 is 14.0 Å². The lowest BCUT2D eigenvalue weighted by Gasteiger charge is -2.38. The second-order valence-corrected chi connectivity index (χ2v) is 9.47. The van der Waals surface area contributed by atoms with Crippen molar-refractivity contribution in [3.8, 4) is 0 Å². The van der Waals surface area contributed by atoms with Crippen molar-refractivity contribution in [3.63, 3.8) is 0 Å². The molecule has 0 spiro atoms. The molecular weight excluding hydrogens is 370 g/mol. The van der Waals surface area contributed by atoms with Gasteiger partial charge in [-0.05, 0) is 19.3 Å². The van der Waals surface area contributed by atoms with Gasteiger partial charge in [-0.3, -0.25) is 4.48 Å². The minimum Gasteiger partial charge on any atom is -0.410 e. The second kappa shape index (κ2) is 20.1. The molecule has 0 radical (unpaired) electrons. The monoisotopic (exact) mass is 424 g/mol. The Balaban J connectivity index is 3.62.